The molecule has 0 bridgehead atoms. The molecule has 0 spiro atoms. The molecule has 0 radical (unpaired) electrons. The van der Waals surface area contributed by atoms with Crippen molar-refractivity contribution in [1.82, 2.24) is 10.2 Å². The molecule has 1 rings (SSSR count). The van der Waals surface area contributed by atoms with Crippen molar-refractivity contribution < 1.29 is 4.42 Å². The Balaban J connectivity index is 2.80. The minimum absolute atomic E-state index is 0.111. The van der Waals surface area contributed by atoms with E-state index in [0.29, 0.717) is 11.8 Å². The van der Waals surface area contributed by atoms with E-state index in [1.165, 1.54) is 0 Å². The zero-order valence-electron chi connectivity index (χ0n) is 7.85. The quantitative estimate of drug-likeness (QED) is 0.398. The van der Waals surface area contributed by atoms with Gasteiger partial charge in [0.15, 0.2) is 0 Å². The summed E-state index contributed by atoms with van der Waals surface area (Å²) in [6.45, 7) is 6.02. The summed E-state index contributed by atoms with van der Waals surface area (Å²) in [6, 6.07) is 0. The van der Waals surface area contributed by atoms with Crippen LogP contribution in [0.1, 0.15) is 32.6 Å². The molecule has 70 valence electrons. The molecule has 0 N–H and O–H groups in total. The Morgan fingerprint density at radius 2 is 2.15 bits per heavy atom. The molecule has 0 aliphatic heterocycles. The monoisotopic (exact) mass is 181 g/mol. The second-order valence-electron chi connectivity index (χ2n) is 3.64. The van der Waals surface area contributed by atoms with Crippen LogP contribution in [0.25, 0.3) is 10.4 Å². The van der Waals surface area contributed by atoms with Crippen molar-refractivity contribution in [2.24, 2.45) is 5.11 Å². The molecule has 0 fully saturated rings. The Labute approximate surface area is 75.6 Å². The zero-order valence-corrected chi connectivity index (χ0v) is 7.85. The minimum Gasteiger partial charge on any atom is -0.425 e. The van der Waals surface area contributed by atoms with Crippen LogP contribution in [0.3, 0.4) is 0 Å². The van der Waals surface area contributed by atoms with E-state index in [1.54, 1.807) is 0 Å². The maximum Gasteiger partial charge on any atom is 0.222 e. The highest BCUT2D eigenvalue weighted by molar-refractivity contribution is 4.95. The summed E-state index contributed by atoms with van der Waals surface area (Å²) in [7, 11) is 0. The fourth-order valence-corrected chi connectivity index (χ4v) is 0.713. The van der Waals surface area contributed by atoms with E-state index in [1.807, 2.05) is 20.8 Å². The highest BCUT2D eigenvalue weighted by Crippen LogP contribution is 2.20. The lowest BCUT2D eigenvalue weighted by atomic mass is 9.97. The van der Waals surface area contributed by atoms with Gasteiger partial charge in [-0.15, -0.1) is 10.2 Å². The van der Waals surface area contributed by atoms with Gasteiger partial charge in [0, 0.05) is 10.3 Å². The maximum atomic E-state index is 8.06. The van der Waals surface area contributed by atoms with E-state index in [2.05, 4.69) is 20.2 Å². The lowest BCUT2D eigenvalue weighted by Gasteiger charge is -2.10. The van der Waals surface area contributed by atoms with Crippen LogP contribution in [0.2, 0.25) is 0 Å². The molecule has 0 saturated heterocycles. The fraction of sp³-hybridized carbons (Fsp3) is 0.714. The number of aromatic nitrogens is 2. The van der Waals surface area contributed by atoms with Crippen molar-refractivity contribution in [3.63, 3.8) is 0 Å². The van der Waals surface area contributed by atoms with E-state index in [4.69, 9.17) is 9.95 Å². The Morgan fingerprint density at radius 3 is 2.62 bits per heavy atom. The minimum atomic E-state index is -0.165. The Bertz CT molecular complexity index is 331. The van der Waals surface area contributed by atoms with Gasteiger partial charge in [-0.3, -0.25) is 0 Å². The van der Waals surface area contributed by atoms with Gasteiger partial charge >= 0.3 is 0 Å². The van der Waals surface area contributed by atoms with Crippen molar-refractivity contribution in [3.8, 4) is 0 Å². The highest BCUT2D eigenvalue weighted by atomic mass is 16.4. The summed E-state index contributed by atoms with van der Waals surface area (Å²) in [5.74, 6) is 0.901. The van der Waals surface area contributed by atoms with Crippen LogP contribution in [0, 0.1) is 0 Å². The molecular weight excluding hydrogens is 170 g/mol. The average Bonchev–Trinajstić information content (AvgIpc) is 2.47. The second-order valence-corrected chi connectivity index (χ2v) is 3.64. The molecule has 0 amide bonds. The molecule has 0 aliphatic rings. The van der Waals surface area contributed by atoms with Crippen molar-refractivity contribution in [3.05, 3.63) is 22.2 Å². The lowest BCUT2D eigenvalue weighted by Crippen LogP contribution is -2.11. The molecule has 0 aromatic carbocycles. The number of nitrogens with zero attached hydrogens (tertiary/aromatic N) is 5. The predicted molar refractivity (Wildman–Crippen MR) is 45.8 cm³/mol. The third-order valence-electron chi connectivity index (χ3n) is 1.38. The van der Waals surface area contributed by atoms with Gasteiger partial charge in [0.25, 0.3) is 0 Å². The molecule has 0 aliphatic carbocycles. The smallest absolute Gasteiger partial charge is 0.222 e. The molecule has 1 aromatic heterocycles. The van der Waals surface area contributed by atoms with E-state index in [0.717, 1.165) is 0 Å². The normalized spacial score (nSPS) is 11.0. The summed E-state index contributed by atoms with van der Waals surface area (Å²) < 4.78 is 5.26. The van der Waals surface area contributed by atoms with E-state index >= 15 is 0 Å². The van der Waals surface area contributed by atoms with Gasteiger partial charge < -0.3 is 4.42 Å². The zero-order chi connectivity index (χ0) is 9.90. The Hall–Kier alpha value is -1.55. The first kappa shape index (κ1) is 9.54. The summed E-state index contributed by atoms with van der Waals surface area (Å²) >= 11 is 0. The number of hydrogen-bond acceptors (Lipinski definition) is 4. The van der Waals surface area contributed by atoms with E-state index < -0.39 is 0 Å². The molecule has 0 atom stereocenters. The first-order valence-corrected chi connectivity index (χ1v) is 3.88. The molecular formula is C7H11N5O. The van der Waals surface area contributed by atoms with Crippen LogP contribution in [0.15, 0.2) is 9.53 Å². The van der Waals surface area contributed by atoms with Crippen LogP contribution in [0.5, 0.6) is 0 Å². The van der Waals surface area contributed by atoms with Crippen molar-refractivity contribution in [2.75, 3.05) is 0 Å². The Kier molecular flexibility index (Phi) is 2.53. The average molecular weight is 181 g/mol. The van der Waals surface area contributed by atoms with Gasteiger partial charge in [-0.25, -0.2) is 0 Å². The molecule has 13 heavy (non-hydrogen) atoms. The van der Waals surface area contributed by atoms with Gasteiger partial charge in [-0.1, -0.05) is 25.9 Å². The van der Waals surface area contributed by atoms with Gasteiger partial charge in [-0.05, 0) is 5.53 Å². The standard InChI is InChI=1S/C7H11N5O/c1-7(2,3)6-11-10-5(13-6)4-9-12-8/h4H2,1-3H3. The number of hydrogen-bond donors (Lipinski definition) is 0. The van der Waals surface area contributed by atoms with Gasteiger partial charge in [-0.2, -0.15) is 0 Å². The molecule has 1 heterocycles. The van der Waals surface area contributed by atoms with E-state index in [-0.39, 0.29) is 12.0 Å². The second kappa shape index (κ2) is 3.45. The third kappa shape index (κ3) is 2.45. The summed E-state index contributed by atoms with van der Waals surface area (Å²) in [6.07, 6.45) is 0. The number of rotatable bonds is 2. The van der Waals surface area contributed by atoms with Crippen molar-refractivity contribution in [1.29, 1.82) is 0 Å². The van der Waals surface area contributed by atoms with Gasteiger partial charge in [0.2, 0.25) is 11.8 Å². The molecule has 0 saturated carbocycles. The SMILES string of the molecule is CC(C)(C)c1nnc(CN=[N+]=[N-])o1. The van der Waals surface area contributed by atoms with Gasteiger partial charge in [0.05, 0.1) is 0 Å². The summed E-state index contributed by atoms with van der Waals surface area (Å²) in [5.41, 5.74) is 7.90. The van der Waals surface area contributed by atoms with Gasteiger partial charge in [0.1, 0.15) is 6.54 Å². The van der Waals surface area contributed by atoms with Crippen LogP contribution >= 0.6 is 0 Å². The predicted octanol–water partition coefficient (Wildman–Crippen LogP) is 2.18. The first-order chi connectivity index (χ1) is 6.04. The first-order valence-electron chi connectivity index (χ1n) is 3.88. The fourth-order valence-electron chi connectivity index (χ4n) is 0.713. The van der Waals surface area contributed by atoms with Crippen molar-refractivity contribution in [2.45, 2.75) is 32.7 Å². The molecule has 6 heteroatoms. The summed E-state index contributed by atoms with van der Waals surface area (Å²) in [5, 5.41) is 10.9. The van der Waals surface area contributed by atoms with E-state index in [9.17, 15) is 0 Å². The molecule has 6 nitrogen and oxygen atoms in total. The largest absolute Gasteiger partial charge is 0.425 e. The van der Waals surface area contributed by atoms with Crippen LogP contribution in [-0.2, 0) is 12.0 Å². The van der Waals surface area contributed by atoms with Crippen LogP contribution in [0.4, 0.5) is 0 Å². The van der Waals surface area contributed by atoms with Crippen LogP contribution < -0.4 is 0 Å². The lowest BCUT2D eigenvalue weighted by molar-refractivity contribution is 0.372. The molecule has 0 unspecified atom stereocenters. The topological polar surface area (TPSA) is 87.7 Å². The summed E-state index contributed by atoms with van der Waals surface area (Å²) in [4.78, 5) is 2.60. The maximum absolute atomic E-state index is 8.06. The number of azide groups is 1. The highest BCUT2D eigenvalue weighted by Gasteiger charge is 2.20. The van der Waals surface area contributed by atoms with Crippen LogP contribution in [-0.4, -0.2) is 10.2 Å². The third-order valence-corrected chi connectivity index (χ3v) is 1.38. The Morgan fingerprint density at radius 1 is 1.46 bits per heavy atom. The molecule has 1 aromatic rings. The van der Waals surface area contributed by atoms with Crippen molar-refractivity contribution >= 4 is 0 Å².